The van der Waals surface area contributed by atoms with E-state index in [2.05, 4.69) is 17.0 Å². The SMILES string of the molecule is CC1=NN(c2ccncc2)CC1. The van der Waals surface area contributed by atoms with Crippen LogP contribution in [-0.2, 0) is 0 Å². The molecule has 1 aromatic heterocycles. The van der Waals surface area contributed by atoms with E-state index < -0.39 is 0 Å². The molecule has 62 valence electrons. The first-order valence-corrected chi connectivity index (χ1v) is 4.08. The number of hydrogen-bond acceptors (Lipinski definition) is 3. The summed E-state index contributed by atoms with van der Waals surface area (Å²) in [4.78, 5) is 3.96. The van der Waals surface area contributed by atoms with Gasteiger partial charge in [-0.25, -0.2) is 0 Å². The maximum Gasteiger partial charge on any atom is 0.0624 e. The molecule has 1 aliphatic rings. The van der Waals surface area contributed by atoms with Crippen molar-refractivity contribution in [1.82, 2.24) is 4.98 Å². The minimum atomic E-state index is 0.996. The highest BCUT2D eigenvalue weighted by molar-refractivity contribution is 5.85. The van der Waals surface area contributed by atoms with Crippen LogP contribution in [0.5, 0.6) is 0 Å². The molecule has 0 N–H and O–H groups in total. The van der Waals surface area contributed by atoms with Crippen LogP contribution in [0.4, 0.5) is 5.69 Å². The first-order valence-electron chi connectivity index (χ1n) is 4.08. The van der Waals surface area contributed by atoms with Crippen LogP contribution in [0.1, 0.15) is 13.3 Å². The summed E-state index contributed by atoms with van der Waals surface area (Å²) in [5, 5.41) is 6.39. The second-order valence-electron chi connectivity index (χ2n) is 2.91. The summed E-state index contributed by atoms with van der Waals surface area (Å²) >= 11 is 0. The Kier molecular flexibility index (Phi) is 1.78. The number of hydrogen-bond donors (Lipinski definition) is 0. The highest BCUT2D eigenvalue weighted by Gasteiger charge is 2.11. The van der Waals surface area contributed by atoms with Crippen LogP contribution in [0.2, 0.25) is 0 Å². The van der Waals surface area contributed by atoms with E-state index in [4.69, 9.17) is 0 Å². The zero-order valence-electron chi connectivity index (χ0n) is 7.07. The molecule has 3 nitrogen and oxygen atoms in total. The molecule has 0 aliphatic carbocycles. The maximum absolute atomic E-state index is 4.38. The Bertz CT molecular complexity index is 292. The Hall–Kier alpha value is -1.38. The Morgan fingerprint density at radius 2 is 2.08 bits per heavy atom. The number of rotatable bonds is 1. The second kappa shape index (κ2) is 2.93. The Morgan fingerprint density at radius 3 is 2.67 bits per heavy atom. The van der Waals surface area contributed by atoms with Gasteiger partial charge in [-0.2, -0.15) is 5.10 Å². The number of aromatic nitrogens is 1. The molecule has 0 saturated heterocycles. The highest BCUT2D eigenvalue weighted by Crippen LogP contribution is 2.17. The summed E-state index contributed by atoms with van der Waals surface area (Å²) in [5.74, 6) is 0. The van der Waals surface area contributed by atoms with Gasteiger partial charge in [0, 0.05) is 31.1 Å². The molecule has 0 atom stereocenters. The van der Waals surface area contributed by atoms with Gasteiger partial charge in [-0.3, -0.25) is 9.99 Å². The van der Waals surface area contributed by atoms with Crippen molar-refractivity contribution in [2.45, 2.75) is 13.3 Å². The summed E-state index contributed by atoms with van der Waals surface area (Å²) < 4.78 is 0. The van der Waals surface area contributed by atoms with E-state index in [1.54, 1.807) is 12.4 Å². The molecule has 3 heteroatoms. The number of anilines is 1. The zero-order valence-corrected chi connectivity index (χ0v) is 7.07. The van der Waals surface area contributed by atoms with Gasteiger partial charge in [0.2, 0.25) is 0 Å². The Balaban J connectivity index is 2.22. The molecule has 2 rings (SSSR count). The van der Waals surface area contributed by atoms with Crippen molar-refractivity contribution >= 4 is 11.4 Å². The summed E-state index contributed by atoms with van der Waals surface area (Å²) in [6, 6.07) is 3.95. The van der Waals surface area contributed by atoms with Crippen LogP contribution in [0.25, 0.3) is 0 Å². The number of hydrazone groups is 1. The van der Waals surface area contributed by atoms with Crippen LogP contribution in [-0.4, -0.2) is 17.2 Å². The fraction of sp³-hybridized carbons (Fsp3) is 0.333. The first-order chi connectivity index (χ1) is 5.86. The van der Waals surface area contributed by atoms with Crippen molar-refractivity contribution in [2.75, 3.05) is 11.6 Å². The third-order valence-electron chi connectivity index (χ3n) is 1.94. The average molecular weight is 161 g/mol. The lowest BCUT2D eigenvalue weighted by Crippen LogP contribution is -2.11. The molecule has 0 bridgehead atoms. The van der Waals surface area contributed by atoms with Gasteiger partial charge >= 0.3 is 0 Å². The van der Waals surface area contributed by atoms with E-state index in [-0.39, 0.29) is 0 Å². The molecular weight excluding hydrogens is 150 g/mol. The van der Waals surface area contributed by atoms with Crippen LogP contribution >= 0.6 is 0 Å². The fourth-order valence-corrected chi connectivity index (χ4v) is 1.28. The third-order valence-corrected chi connectivity index (χ3v) is 1.94. The van der Waals surface area contributed by atoms with Gasteiger partial charge in [0.25, 0.3) is 0 Å². The first kappa shape index (κ1) is 7.28. The molecule has 12 heavy (non-hydrogen) atoms. The highest BCUT2D eigenvalue weighted by atomic mass is 15.5. The summed E-state index contributed by atoms with van der Waals surface area (Å²) in [6.45, 7) is 3.05. The molecule has 1 aromatic rings. The molecule has 0 spiro atoms. The van der Waals surface area contributed by atoms with E-state index in [0.29, 0.717) is 0 Å². The van der Waals surface area contributed by atoms with Crippen LogP contribution in [0.15, 0.2) is 29.6 Å². The summed E-state index contributed by atoms with van der Waals surface area (Å²) in [5.41, 5.74) is 2.33. The van der Waals surface area contributed by atoms with E-state index >= 15 is 0 Å². The molecular formula is C9H11N3. The van der Waals surface area contributed by atoms with Gasteiger partial charge in [0.05, 0.1) is 5.69 Å². The molecule has 0 radical (unpaired) electrons. The zero-order chi connectivity index (χ0) is 8.39. The monoisotopic (exact) mass is 161 g/mol. The van der Waals surface area contributed by atoms with E-state index in [0.717, 1.165) is 18.7 Å². The van der Waals surface area contributed by atoms with Gasteiger partial charge in [-0.15, -0.1) is 0 Å². The molecule has 0 saturated carbocycles. The quantitative estimate of drug-likeness (QED) is 0.626. The normalized spacial score (nSPS) is 16.4. The lowest BCUT2D eigenvalue weighted by molar-refractivity contribution is 0.919. The summed E-state index contributed by atoms with van der Waals surface area (Å²) in [7, 11) is 0. The van der Waals surface area contributed by atoms with Gasteiger partial charge in [0.1, 0.15) is 0 Å². The van der Waals surface area contributed by atoms with E-state index in [9.17, 15) is 0 Å². The fourth-order valence-electron chi connectivity index (χ4n) is 1.28. The van der Waals surface area contributed by atoms with Crippen LogP contribution < -0.4 is 5.01 Å². The molecule has 0 amide bonds. The standard InChI is InChI=1S/C9H11N3/c1-8-4-7-12(11-8)9-2-5-10-6-3-9/h2-3,5-6H,4,7H2,1H3. The lowest BCUT2D eigenvalue weighted by atomic mass is 10.3. The topological polar surface area (TPSA) is 28.5 Å². The minimum Gasteiger partial charge on any atom is -0.265 e. The Labute approximate surface area is 71.7 Å². The summed E-state index contributed by atoms with van der Waals surface area (Å²) in [6.07, 6.45) is 4.65. The number of pyridine rings is 1. The molecule has 0 unspecified atom stereocenters. The van der Waals surface area contributed by atoms with Crippen LogP contribution in [0.3, 0.4) is 0 Å². The molecule has 2 heterocycles. The largest absolute Gasteiger partial charge is 0.265 e. The average Bonchev–Trinajstić information content (AvgIpc) is 2.54. The number of nitrogens with zero attached hydrogens (tertiary/aromatic N) is 3. The van der Waals surface area contributed by atoms with Crippen molar-refractivity contribution in [3.8, 4) is 0 Å². The van der Waals surface area contributed by atoms with E-state index in [1.807, 2.05) is 17.1 Å². The predicted octanol–water partition coefficient (Wildman–Crippen LogP) is 1.67. The lowest BCUT2D eigenvalue weighted by Gasteiger charge is -2.12. The third kappa shape index (κ3) is 1.30. The van der Waals surface area contributed by atoms with Gasteiger partial charge in [-0.1, -0.05) is 0 Å². The molecule has 0 aromatic carbocycles. The smallest absolute Gasteiger partial charge is 0.0624 e. The van der Waals surface area contributed by atoms with Crippen LogP contribution in [0, 0.1) is 0 Å². The maximum atomic E-state index is 4.38. The van der Waals surface area contributed by atoms with Crippen molar-refractivity contribution in [1.29, 1.82) is 0 Å². The Morgan fingerprint density at radius 1 is 1.33 bits per heavy atom. The molecule has 0 fully saturated rings. The van der Waals surface area contributed by atoms with Crippen molar-refractivity contribution in [3.05, 3.63) is 24.5 Å². The second-order valence-corrected chi connectivity index (χ2v) is 2.91. The predicted molar refractivity (Wildman–Crippen MR) is 49.3 cm³/mol. The van der Waals surface area contributed by atoms with E-state index in [1.165, 1.54) is 5.71 Å². The van der Waals surface area contributed by atoms with Crippen molar-refractivity contribution < 1.29 is 0 Å². The van der Waals surface area contributed by atoms with Crippen molar-refractivity contribution in [2.24, 2.45) is 5.10 Å². The van der Waals surface area contributed by atoms with Gasteiger partial charge in [0.15, 0.2) is 0 Å². The van der Waals surface area contributed by atoms with Gasteiger partial charge < -0.3 is 0 Å². The molecule has 1 aliphatic heterocycles. The van der Waals surface area contributed by atoms with Crippen molar-refractivity contribution in [3.63, 3.8) is 0 Å². The van der Waals surface area contributed by atoms with Gasteiger partial charge in [-0.05, 0) is 19.1 Å². The minimum absolute atomic E-state index is 0.996.